The summed E-state index contributed by atoms with van der Waals surface area (Å²) in [5, 5.41) is 3.60. The maximum atomic E-state index is 13.4. The Morgan fingerprint density at radius 2 is 2.00 bits per heavy atom. The van der Waals surface area contributed by atoms with Gasteiger partial charge in [-0.3, -0.25) is 4.79 Å². The summed E-state index contributed by atoms with van der Waals surface area (Å²) in [7, 11) is 0. The zero-order valence-electron chi connectivity index (χ0n) is 17.8. The Balaban J connectivity index is 1.56. The summed E-state index contributed by atoms with van der Waals surface area (Å²) in [6.07, 6.45) is -8.07. The second-order valence-electron chi connectivity index (χ2n) is 7.68. The number of benzene rings is 2. The number of nitrogens with zero attached hydrogens (tertiary/aromatic N) is 1. The van der Waals surface area contributed by atoms with Gasteiger partial charge in [-0.15, -0.1) is 0 Å². The molecule has 1 aliphatic rings. The molecule has 0 aromatic heterocycles. The Morgan fingerprint density at radius 3 is 2.73 bits per heavy atom. The fourth-order valence-electron chi connectivity index (χ4n) is 3.39. The van der Waals surface area contributed by atoms with Gasteiger partial charge in [0.15, 0.2) is 5.88 Å². The van der Waals surface area contributed by atoms with E-state index in [2.05, 4.69) is 16.6 Å². The van der Waals surface area contributed by atoms with E-state index in [1.54, 1.807) is 12.1 Å². The van der Waals surface area contributed by atoms with Crippen LogP contribution in [0.3, 0.4) is 0 Å². The number of carbonyl (C=O) groups is 1. The topological polar surface area (TPSA) is 50.8 Å². The highest BCUT2D eigenvalue weighted by molar-refractivity contribution is 6.30. The van der Waals surface area contributed by atoms with Crippen LogP contribution in [-0.4, -0.2) is 43.0 Å². The third-order valence-electron chi connectivity index (χ3n) is 5.16. The normalized spacial score (nSPS) is 16.1. The van der Waals surface area contributed by atoms with Gasteiger partial charge >= 0.3 is 12.5 Å². The van der Waals surface area contributed by atoms with Gasteiger partial charge in [-0.25, -0.2) is 0 Å². The first kappa shape index (κ1) is 24.7. The predicted molar refractivity (Wildman–Crippen MR) is 116 cm³/mol. The van der Waals surface area contributed by atoms with Crippen LogP contribution in [-0.2, 0) is 0 Å². The molecular weight excluding hydrogens is 464 g/mol. The van der Waals surface area contributed by atoms with Crippen molar-refractivity contribution in [1.82, 2.24) is 10.2 Å². The molecule has 178 valence electrons. The summed E-state index contributed by atoms with van der Waals surface area (Å²) >= 11 is 5.98. The zero-order valence-corrected chi connectivity index (χ0v) is 18.5. The number of amides is 1. The van der Waals surface area contributed by atoms with E-state index in [0.29, 0.717) is 42.7 Å². The molecule has 0 bridgehead atoms. The molecule has 33 heavy (non-hydrogen) atoms. The number of alkyl halides is 4. The van der Waals surface area contributed by atoms with Crippen LogP contribution in [0, 0.1) is 12.8 Å². The van der Waals surface area contributed by atoms with Crippen molar-refractivity contribution in [3.8, 4) is 11.5 Å². The van der Waals surface area contributed by atoms with E-state index in [4.69, 9.17) is 16.3 Å². The van der Waals surface area contributed by atoms with Crippen LogP contribution in [0.4, 0.5) is 17.6 Å². The predicted octanol–water partition coefficient (Wildman–Crippen LogP) is 5.49. The highest BCUT2D eigenvalue weighted by Crippen LogP contribution is 2.31. The number of hydrogen-bond donors (Lipinski definition) is 1. The first-order valence-electron chi connectivity index (χ1n) is 10.2. The van der Waals surface area contributed by atoms with E-state index in [9.17, 15) is 22.4 Å². The van der Waals surface area contributed by atoms with Gasteiger partial charge in [-0.2, -0.15) is 17.6 Å². The number of halogens is 5. The molecule has 3 rings (SSSR count). The minimum Gasteiger partial charge on any atom is -0.442 e. The molecule has 1 amide bonds. The quantitative estimate of drug-likeness (QED) is 0.376. The van der Waals surface area contributed by atoms with Gasteiger partial charge < -0.3 is 19.7 Å². The molecule has 2 aromatic carbocycles. The molecule has 10 heteroatoms. The number of carbonyl (C=O) groups excluding carboxylic acids is 1. The number of ether oxygens (including phenoxy) is 2. The summed E-state index contributed by atoms with van der Waals surface area (Å²) in [6.45, 7) is 6.90. The molecule has 0 saturated carbocycles. The summed E-state index contributed by atoms with van der Waals surface area (Å²) in [5.74, 6) is -0.222. The van der Waals surface area contributed by atoms with Crippen molar-refractivity contribution in [3.05, 3.63) is 71.1 Å². The molecule has 1 saturated heterocycles. The van der Waals surface area contributed by atoms with Crippen molar-refractivity contribution in [2.45, 2.75) is 25.9 Å². The summed E-state index contributed by atoms with van der Waals surface area (Å²) < 4.78 is 61.6. The first-order chi connectivity index (χ1) is 15.6. The molecule has 1 unspecified atom stereocenters. The average Bonchev–Trinajstić information content (AvgIpc) is 3.23. The minimum atomic E-state index is -4.70. The molecule has 2 aromatic rings. The third-order valence-corrected chi connectivity index (χ3v) is 5.40. The van der Waals surface area contributed by atoms with Gasteiger partial charge in [0.25, 0.3) is 5.91 Å². The van der Waals surface area contributed by atoms with E-state index >= 15 is 0 Å². The van der Waals surface area contributed by atoms with Gasteiger partial charge in [0.1, 0.15) is 11.5 Å². The maximum absolute atomic E-state index is 13.4. The SMILES string of the molecule is C=C(NCC1CCN(C(=O)c2ccccc2OC(F)(F)C(F)F)C1)Oc1cc(Cl)ccc1C. The van der Waals surface area contributed by atoms with Crippen molar-refractivity contribution >= 4 is 17.5 Å². The number of nitrogens with one attached hydrogen (secondary N) is 1. The highest BCUT2D eigenvalue weighted by Gasteiger charge is 2.44. The third kappa shape index (κ3) is 6.31. The van der Waals surface area contributed by atoms with Crippen LogP contribution in [0.1, 0.15) is 22.3 Å². The smallest absolute Gasteiger partial charge is 0.442 e. The Hall–Kier alpha value is -2.94. The van der Waals surface area contributed by atoms with Gasteiger partial charge in [-0.1, -0.05) is 29.8 Å². The molecule has 0 aliphatic carbocycles. The molecule has 0 radical (unpaired) electrons. The lowest BCUT2D eigenvalue weighted by Gasteiger charge is -2.22. The molecule has 1 aliphatic heterocycles. The van der Waals surface area contributed by atoms with Crippen LogP contribution in [0.15, 0.2) is 54.9 Å². The Morgan fingerprint density at radius 1 is 1.27 bits per heavy atom. The molecule has 1 heterocycles. The largest absolute Gasteiger partial charge is 0.461 e. The standard InChI is InChI=1S/C23H23ClF4N2O3/c1-14-7-8-17(24)11-20(14)32-15(2)29-12-16-9-10-30(13-16)21(31)18-5-3-4-6-19(18)33-23(27,28)22(25)26/h3-8,11,16,22,29H,2,9-10,12-13H2,1H3. The molecular formula is C23H23ClF4N2O3. The zero-order chi connectivity index (χ0) is 24.2. The number of para-hydroxylation sites is 1. The maximum Gasteiger partial charge on any atom is 0.461 e. The number of aryl methyl sites for hydroxylation is 1. The lowest BCUT2D eigenvalue weighted by molar-refractivity contribution is -0.253. The summed E-state index contributed by atoms with van der Waals surface area (Å²) in [6, 6.07) is 10.4. The van der Waals surface area contributed by atoms with Crippen molar-refractivity contribution in [1.29, 1.82) is 0 Å². The molecule has 1 fully saturated rings. The van der Waals surface area contributed by atoms with Crippen molar-refractivity contribution in [3.63, 3.8) is 0 Å². The number of likely N-dealkylation sites (tertiary alicyclic amines) is 1. The Bertz CT molecular complexity index is 1020. The van der Waals surface area contributed by atoms with Gasteiger partial charge in [0, 0.05) is 24.7 Å². The van der Waals surface area contributed by atoms with E-state index in [1.807, 2.05) is 13.0 Å². The van der Waals surface area contributed by atoms with Gasteiger partial charge in [-0.05, 0) is 55.7 Å². The lowest BCUT2D eigenvalue weighted by atomic mass is 10.1. The Kier molecular flexibility index (Phi) is 7.73. The van der Waals surface area contributed by atoms with E-state index in [0.717, 1.165) is 11.6 Å². The van der Waals surface area contributed by atoms with E-state index in [-0.39, 0.29) is 11.5 Å². The van der Waals surface area contributed by atoms with Crippen LogP contribution in [0.2, 0.25) is 5.02 Å². The Labute approximate surface area is 193 Å². The number of rotatable bonds is 9. The highest BCUT2D eigenvalue weighted by atomic mass is 35.5. The molecule has 5 nitrogen and oxygen atoms in total. The summed E-state index contributed by atoms with van der Waals surface area (Å²) in [5.41, 5.74) is 0.689. The summed E-state index contributed by atoms with van der Waals surface area (Å²) in [4.78, 5) is 14.3. The van der Waals surface area contributed by atoms with E-state index < -0.39 is 24.2 Å². The van der Waals surface area contributed by atoms with Crippen LogP contribution >= 0.6 is 11.6 Å². The van der Waals surface area contributed by atoms with Gasteiger partial charge in [0.2, 0.25) is 0 Å². The van der Waals surface area contributed by atoms with Crippen LogP contribution < -0.4 is 14.8 Å². The lowest BCUT2D eigenvalue weighted by Crippen LogP contribution is -2.35. The van der Waals surface area contributed by atoms with Crippen molar-refractivity contribution in [2.75, 3.05) is 19.6 Å². The minimum absolute atomic E-state index is 0.0466. The van der Waals surface area contributed by atoms with Crippen molar-refractivity contribution in [2.24, 2.45) is 5.92 Å². The molecule has 1 N–H and O–H groups in total. The van der Waals surface area contributed by atoms with Crippen LogP contribution in [0.5, 0.6) is 11.5 Å². The second kappa shape index (κ2) is 10.3. The van der Waals surface area contributed by atoms with E-state index in [1.165, 1.54) is 23.1 Å². The molecule has 0 spiro atoms. The average molecular weight is 487 g/mol. The first-order valence-corrected chi connectivity index (χ1v) is 10.5. The number of hydrogen-bond acceptors (Lipinski definition) is 4. The molecule has 1 atom stereocenters. The second-order valence-corrected chi connectivity index (χ2v) is 8.12. The van der Waals surface area contributed by atoms with Crippen molar-refractivity contribution < 1.29 is 31.8 Å². The fraction of sp³-hybridized carbons (Fsp3) is 0.348. The fourth-order valence-corrected chi connectivity index (χ4v) is 3.55. The van der Waals surface area contributed by atoms with Crippen LogP contribution in [0.25, 0.3) is 0 Å². The van der Waals surface area contributed by atoms with Gasteiger partial charge in [0.05, 0.1) is 5.56 Å². The monoisotopic (exact) mass is 486 g/mol.